The summed E-state index contributed by atoms with van der Waals surface area (Å²) >= 11 is 3.18. The largest absolute Gasteiger partial charge is 0.478 e. The molecule has 8 nitrogen and oxygen atoms in total. The van der Waals surface area contributed by atoms with E-state index >= 15 is 0 Å². The van der Waals surface area contributed by atoms with Gasteiger partial charge in [0.15, 0.2) is 0 Å². The zero-order valence-corrected chi connectivity index (χ0v) is 11.8. The van der Waals surface area contributed by atoms with E-state index in [1.807, 2.05) is 0 Å². The Labute approximate surface area is 122 Å². The fraction of sp³-hybridized carbons (Fsp3) is 0.182. The van der Waals surface area contributed by atoms with E-state index in [2.05, 4.69) is 31.3 Å². The third-order valence-electron chi connectivity index (χ3n) is 2.09. The normalized spacial score (nSPS) is 9.65. The monoisotopic (exact) mass is 345 g/mol. The predicted molar refractivity (Wildman–Crippen MR) is 73.7 cm³/mol. The molecular weight excluding hydrogens is 334 g/mol. The number of carboxylic acid groups (broad SMARTS) is 1. The van der Waals surface area contributed by atoms with E-state index in [1.54, 1.807) is 6.07 Å². The first-order valence-electron chi connectivity index (χ1n) is 5.40. The van der Waals surface area contributed by atoms with Crippen LogP contribution in [-0.2, 0) is 4.74 Å². The number of rotatable bonds is 5. The van der Waals surface area contributed by atoms with E-state index in [0.717, 1.165) is 0 Å². The zero-order valence-electron chi connectivity index (χ0n) is 10.2. The molecule has 0 aliphatic rings. The van der Waals surface area contributed by atoms with Crippen molar-refractivity contribution < 1.29 is 24.2 Å². The van der Waals surface area contributed by atoms with Crippen molar-refractivity contribution in [1.29, 1.82) is 0 Å². The first-order valence-corrected chi connectivity index (χ1v) is 6.19. The van der Waals surface area contributed by atoms with Crippen LogP contribution in [0.1, 0.15) is 10.4 Å². The number of carbonyl (C=O) groups is 3. The lowest BCUT2D eigenvalue weighted by atomic mass is 10.2. The Morgan fingerprint density at radius 1 is 1.35 bits per heavy atom. The van der Waals surface area contributed by atoms with Gasteiger partial charge in [-0.05, 0) is 18.2 Å². The third-order valence-corrected chi connectivity index (χ3v) is 2.59. The number of hydrogen-bond acceptors (Lipinski definition) is 4. The molecule has 0 aromatic heterocycles. The quantitative estimate of drug-likeness (QED) is 0.598. The van der Waals surface area contributed by atoms with E-state index in [9.17, 15) is 14.4 Å². The number of nitrogens with two attached hydrogens (primary N) is 1. The van der Waals surface area contributed by atoms with Crippen LogP contribution < -0.4 is 16.4 Å². The predicted octanol–water partition coefficient (Wildman–Crippen LogP) is 1.36. The number of primary amides is 1. The molecule has 0 bridgehead atoms. The maximum absolute atomic E-state index is 11.5. The lowest BCUT2D eigenvalue weighted by Crippen LogP contribution is -2.33. The summed E-state index contributed by atoms with van der Waals surface area (Å²) in [5.74, 6) is -1.16. The van der Waals surface area contributed by atoms with Crippen molar-refractivity contribution in [1.82, 2.24) is 5.32 Å². The van der Waals surface area contributed by atoms with Crippen LogP contribution in [0.25, 0.3) is 0 Å². The van der Waals surface area contributed by atoms with E-state index in [0.29, 0.717) is 4.47 Å². The summed E-state index contributed by atoms with van der Waals surface area (Å²) in [6.07, 6.45) is -0.938. The average molecular weight is 346 g/mol. The Morgan fingerprint density at radius 2 is 2.05 bits per heavy atom. The molecule has 0 radical (unpaired) electrons. The number of nitrogens with one attached hydrogen (secondary N) is 2. The van der Waals surface area contributed by atoms with Crippen molar-refractivity contribution in [3.63, 3.8) is 0 Å². The number of carboxylic acids is 1. The molecule has 1 aromatic carbocycles. The molecule has 1 aromatic rings. The van der Waals surface area contributed by atoms with Crippen molar-refractivity contribution in [2.24, 2.45) is 5.73 Å². The molecule has 0 fully saturated rings. The van der Waals surface area contributed by atoms with E-state index < -0.39 is 18.1 Å². The summed E-state index contributed by atoms with van der Waals surface area (Å²) in [7, 11) is 0. The first kappa shape index (κ1) is 15.8. The minimum Gasteiger partial charge on any atom is -0.478 e. The number of urea groups is 1. The van der Waals surface area contributed by atoms with Crippen LogP contribution in [-0.4, -0.2) is 36.4 Å². The minimum atomic E-state index is -1.16. The fourth-order valence-electron chi connectivity index (χ4n) is 1.29. The van der Waals surface area contributed by atoms with Crippen LogP contribution in [0.3, 0.4) is 0 Å². The van der Waals surface area contributed by atoms with Gasteiger partial charge in [-0.3, -0.25) is 0 Å². The highest BCUT2D eigenvalue weighted by atomic mass is 79.9. The van der Waals surface area contributed by atoms with Gasteiger partial charge in [-0.1, -0.05) is 15.9 Å². The van der Waals surface area contributed by atoms with Crippen LogP contribution in [0.15, 0.2) is 22.7 Å². The molecule has 20 heavy (non-hydrogen) atoms. The van der Waals surface area contributed by atoms with Crippen LogP contribution in [0.2, 0.25) is 0 Å². The van der Waals surface area contributed by atoms with Crippen LogP contribution in [0.5, 0.6) is 0 Å². The molecule has 0 saturated heterocycles. The first-order chi connectivity index (χ1) is 9.40. The topological polar surface area (TPSA) is 131 Å². The molecule has 9 heteroatoms. The number of aromatic carboxylic acids is 1. The average Bonchev–Trinajstić information content (AvgIpc) is 2.34. The molecule has 3 amide bonds. The Kier molecular flexibility index (Phi) is 5.78. The summed E-state index contributed by atoms with van der Waals surface area (Å²) < 4.78 is 5.04. The Bertz CT molecular complexity index is 535. The fourth-order valence-corrected chi connectivity index (χ4v) is 1.65. The number of amides is 3. The number of benzene rings is 1. The molecular formula is C11H12BrN3O5. The molecule has 1 rings (SSSR count). The molecule has 0 saturated carbocycles. The molecule has 0 unspecified atom stereocenters. The number of anilines is 1. The standard InChI is InChI=1S/C11H12BrN3O5/c12-6-1-2-7(9(16)17)8(5-6)15-11(19)14-3-4-20-10(13)18/h1-2,5H,3-4H2,(H2,13,18)(H,16,17)(H2,14,15,19). The van der Waals surface area contributed by atoms with Gasteiger partial charge in [-0.15, -0.1) is 0 Å². The number of ether oxygens (including phenoxy) is 1. The van der Waals surface area contributed by atoms with Gasteiger partial charge >= 0.3 is 18.1 Å². The molecule has 0 aliphatic heterocycles. The van der Waals surface area contributed by atoms with Crippen molar-refractivity contribution >= 4 is 39.7 Å². The molecule has 5 N–H and O–H groups in total. The zero-order chi connectivity index (χ0) is 15.1. The van der Waals surface area contributed by atoms with Crippen LogP contribution >= 0.6 is 15.9 Å². The second-order valence-electron chi connectivity index (χ2n) is 3.54. The SMILES string of the molecule is NC(=O)OCCNC(=O)Nc1cc(Br)ccc1C(=O)O. The highest BCUT2D eigenvalue weighted by Gasteiger charge is 2.12. The van der Waals surface area contributed by atoms with Gasteiger partial charge in [0.2, 0.25) is 0 Å². The smallest absolute Gasteiger partial charge is 0.404 e. The third kappa shape index (κ3) is 5.14. The van der Waals surface area contributed by atoms with Gasteiger partial charge in [0.1, 0.15) is 6.61 Å². The Hall–Kier alpha value is -2.29. The molecule has 0 spiro atoms. The van der Waals surface area contributed by atoms with Crippen molar-refractivity contribution in [2.45, 2.75) is 0 Å². The summed E-state index contributed by atoms with van der Waals surface area (Å²) in [5, 5.41) is 13.8. The maximum atomic E-state index is 11.5. The van der Waals surface area contributed by atoms with Gasteiger partial charge in [0, 0.05) is 4.47 Å². The summed E-state index contributed by atoms with van der Waals surface area (Å²) in [6.45, 7) is -0.0296. The summed E-state index contributed by atoms with van der Waals surface area (Å²) in [4.78, 5) is 32.8. The highest BCUT2D eigenvalue weighted by molar-refractivity contribution is 9.10. The second kappa shape index (κ2) is 7.34. The molecule has 0 atom stereocenters. The van der Waals surface area contributed by atoms with Crippen molar-refractivity contribution in [2.75, 3.05) is 18.5 Å². The lowest BCUT2D eigenvalue weighted by molar-refractivity contribution is 0.0698. The van der Waals surface area contributed by atoms with Crippen LogP contribution in [0.4, 0.5) is 15.3 Å². The minimum absolute atomic E-state index is 0.0447. The highest BCUT2D eigenvalue weighted by Crippen LogP contribution is 2.21. The van der Waals surface area contributed by atoms with Gasteiger partial charge in [-0.25, -0.2) is 14.4 Å². The van der Waals surface area contributed by atoms with Gasteiger partial charge in [0.25, 0.3) is 0 Å². The maximum Gasteiger partial charge on any atom is 0.404 e. The molecule has 108 valence electrons. The molecule has 0 aliphatic carbocycles. The number of carbonyl (C=O) groups excluding carboxylic acids is 2. The summed E-state index contributed by atoms with van der Waals surface area (Å²) in [6, 6.07) is 3.74. The lowest BCUT2D eigenvalue weighted by Gasteiger charge is -2.10. The Balaban J connectivity index is 2.59. The number of hydrogen-bond donors (Lipinski definition) is 4. The van der Waals surface area contributed by atoms with E-state index in [4.69, 9.17) is 10.8 Å². The van der Waals surface area contributed by atoms with Gasteiger partial charge in [0.05, 0.1) is 17.8 Å². The van der Waals surface area contributed by atoms with E-state index in [-0.39, 0.29) is 24.4 Å². The van der Waals surface area contributed by atoms with E-state index in [1.165, 1.54) is 12.1 Å². The van der Waals surface area contributed by atoms with Crippen molar-refractivity contribution in [3.8, 4) is 0 Å². The van der Waals surface area contributed by atoms with Crippen LogP contribution in [0, 0.1) is 0 Å². The second-order valence-corrected chi connectivity index (χ2v) is 4.46. The van der Waals surface area contributed by atoms with Gasteiger partial charge < -0.3 is 26.2 Å². The van der Waals surface area contributed by atoms with Gasteiger partial charge in [-0.2, -0.15) is 0 Å². The molecule has 0 heterocycles. The number of halogens is 1. The summed E-state index contributed by atoms with van der Waals surface area (Å²) in [5.41, 5.74) is 4.84. The Morgan fingerprint density at radius 3 is 2.65 bits per heavy atom. The van der Waals surface area contributed by atoms with Crippen molar-refractivity contribution in [3.05, 3.63) is 28.2 Å².